The van der Waals surface area contributed by atoms with Gasteiger partial charge in [-0.1, -0.05) is 43.1 Å². The highest BCUT2D eigenvalue weighted by molar-refractivity contribution is 6.30. The normalized spacial score (nSPS) is 11.5. The molecule has 0 spiro atoms. The van der Waals surface area contributed by atoms with Gasteiger partial charge in [-0.15, -0.1) is 0 Å². The quantitative estimate of drug-likeness (QED) is 0.548. The van der Waals surface area contributed by atoms with Crippen LogP contribution >= 0.6 is 11.6 Å². The van der Waals surface area contributed by atoms with Crippen LogP contribution in [0.3, 0.4) is 0 Å². The minimum absolute atomic E-state index is 0.0139. The summed E-state index contributed by atoms with van der Waals surface area (Å²) < 4.78 is 5.09. The van der Waals surface area contributed by atoms with Crippen LogP contribution in [0.2, 0.25) is 5.02 Å². The van der Waals surface area contributed by atoms with Crippen molar-refractivity contribution in [2.45, 2.75) is 32.7 Å². The third-order valence-corrected chi connectivity index (χ3v) is 4.21. The number of hydrogen-bond acceptors (Lipinski definition) is 4. The Morgan fingerprint density at radius 2 is 1.67 bits per heavy atom. The lowest BCUT2D eigenvalue weighted by Gasteiger charge is -2.13. The molecular formula is C21H22ClNO4. The van der Waals surface area contributed by atoms with Crippen LogP contribution in [0.15, 0.2) is 48.5 Å². The second kappa shape index (κ2) is 9.88. The van der Waals surface area contributed by atoms with Crippen LogP contribution in [-0.2, 0) is 9.53 Å². The maximum Gasteiger partial charge on any atom is 0.339 e. The average Bonchev–Trinajstić information content (AvgIpc) is 2.66. The fourth-order valence-electron chi connectivity index (χ4n) is 2.65. The van der Waals surface area contributed by atoms with Crippen molar-refractivity contribution >= 4 is 29.3 Å². The Hall–Kier alpha value is -2.66. The topological polar surface area (TPSA) is 72.5 Å². The molecule has 0 aromatic heterocycles. The van der Waals surface area contributed by atoms with E-state index in [1.165, 1.54) is 6.07 Å². The van der Waals surface area contributed by atoms with E-state index >= 15 is 0 Å². The summed E-state index contributed by atoms with van der Waals surface area (Å²) in [5, 5.41) is 3.28. The van der Waals surface area contributed by atoms with E-state index in [9.17, 15) is 14.4 Å². The summed E-state index contributed by atoms with van der Waals surface area (Å²) in [5.74, 6) is -1.41. The molecule has 27 heavy (non-hydrogen) atoms. The molecule has 1 atom stereocenters. The van der Waals surface area contributed by atoms with Crippen molar-refractivity contribution in [2.24, 2.45) is 0 Å². The molecule has 1 N–H and O–H groups in total. The molecule has 5 nitrogen and oxygen atoms in total. The Balaban J connectivity index is 2.08. The number of ether oxygens (including phenoxy) is 1. The van der Waals surface area contributed by atoms with E-state index in [4.69, 9.17) is 16.3 Å². The van der Waals surface area contributed by atoms with Gasteiger partial charge in [-0.2, -0.15) is 0 Å². The van der Waals surface area contributed by atoms with Gasteiger partial charge in [0.05, 0.1) is 5.56 Å². The Morgan fingerprint density at radius 1 is 1.04 bits per heavy atom. The molecule has 0 radical (unpaired) electrons. The summed E-state index contributed by atoms with van der Waals surface area (Å²) in [6.07, 6.45) is 1.79. The SMILES string of the molecule is CCCC(C)NC(=O)COC(=O)c1ccccc1C(=O)c1ccc(Cl)cc1. The summed E-state index contributed by atoms with van der Waals surface area (Å²) in [7, 11) is 0. The van der Waals surface area contributed by atoms with Gasteiger partial charge in [0, 0.05) is 22.2 Å². The predicted octanol–water partition coefficient (Wildman–Crippen LogP) is 4.03. The van der Waals surface area contributed by atoms with E-state index < -0.39 is 12.6 Å². The summed E-state index contributed by atoms with van der Waals surface area (Å²) in [5.41, 5.74) is 0.738. The molecule has 1 amide bonds. The number of benzene rings is 2. The molecule has 2 rings (SSSR count). The molecule has 6 heteroatoms. The first kappa shape index (κ1) is 20.6. The molecule has 0 heterocycles. The van der Waals surface area contributed by atoms with Crippen LogP contribution in [0.25, 0.3) is 0 Å². The zero-order valence-corrected chi connectivity index (χ0v) is 16.1. The molecule has 1 unspecified atom stereocenters. The molecule has 0 fully saturated rings. The summed E-state index contributed by atoms with van der Waals surface area (Å²) in [4.78, 5) is 37.0. The van der Waals surface area contributed by atoms with Gasteiger partial charge in [0.1, 0.15) is 0 Å². The maximum absolute atomic E-state index is 12.7. The molecule has 0 aliphatic carbocycles. The van der Waals surface area contributed by atoms with E-state index in [2.05, 4.69) is 5.32 Å². The number of rotatable bonds is 8. The summed E-state index contributed by atoms with van der Waals surface area (Å²) in [6.45, 7) is 3.52. The zero-order valence-electron chi connectivity index (χ0n) is 15.3. The Morgan fingerprint density at radius 3 is 2.30 bits per heavy atom. The maximum atomic E-state index is 12.7. The number of hydrogen-bond donors (Lipinski definition) is 1. The molecule has 0 bridgehead atoms. The van der Waals surface area contributed by atoms with Crippen molar-refractivity contribution in [3.63, 3.8) is 0 Å². The minimum atomic E-state index is -0.716. The van der Waals surface area contributed by atoms with Gasteiger partial charge < -0.3 is 10.1 Å². The first-order valence-electron chi connectivity index (χ1n) is 8.78. The summed E-state index contributed by atoms with van der Waals surface area (Å²) in [6, 6.07) is 12.8. The third-order valence-electron chi connectivity index (χ3n) is 3.96. The van der Waals surface area contributed by atoms with E-state index in [1.54, 1.807) is 42.5 Å². The van der Waals surface area contributed by atoms with Gasteiger partial charge >= 0.3 is 5.97 Å². The molecule has 0 aliphatic rings. The van der Waals surface area contributed by atoms with Crippen molar-refractivity contribution in [1.29, 1.82) is 0 Å². The fraction of sp³-hybridized carbons (Fsp3) is 0.286. The summed E-state index contributed by atoms with van der Waals surface area (Å²) >= 11 is 5.85. The second-order valence-corrected chi connectivity index (χ2v) is 6.65. The second-order valence-electron chi connectivity index (χ2n) is 6.21. The number of esters is 1. The van der Waals surface area contributed by atoms with Crippen LogP contribution in [0.4, 0.5) is 0 Å². The number of carbonyl (C=O) groups excluding carboxylic acids is 3. The van der Waals surface area contributed by atoms with Crippen LogP contribution < -0.4 is 5.32 Å². The Bertz CT molecular complexity index is 817. The van der Waals surface area contributed by atoms with Gasteiger partial charge in [-0.25, -0.2) is 4.79 Å². The van der Waals surface area contributed by atoms with Crippen LogP contribution in [0, 0.1) is 0 Å². The molecule has 0 saturated heterocycles. The zero-order chi connectivity index (χ0) is 19.8. The number of carbonyl (C=O) groups is 3. The minimum Gasteiger partial charge on any atom is -0.452 e. The van der Waals surface area contributed by atoms with Crippen molar-refractivity contribution in [3.05, 3.63) is 70.2 Å². The molecule has 0 saturated carbocycles. The van der Waals surface area contributed by atoms with Gasteiger partial charge in [0.25, 0.3) is 5.91 Å². The number of ketones is 1. The van der Waals surface area contributed by atoms with Crippen LogP contribution in [0.5, 0.6) is 0 Å². The fourth-order valence-corrected chi connectivity index (χ4v) is 2.77. The predicted molar refractivity (Wildman–Crippen MR) is 104 cm³/mol. The highest BCUT2D eigenvalue weighted by atomic mass is 35.5. The van der Waals surface area contributed by atoms with Crippen molar-refractivity contribution in [3.8, 4) is 0 Å². The lowest BCUT2D eigenvalue weighted by atomic mass is 9.98. The number of halogens is 1. The van der Waals surface area contributed by atoms with Crippen molar-refractivity contribution in [2.75, 3.05) is 6.61 Å². The highest BCUT2D eigenvalue weighted by Crippen LogP contribution is 2.17. The van der Waals surface area contributed by atoms with Crippen molar-refractivity contribution < 1.29 is 19.1 Å². The van der Waals surface area contributed by atoms with Crippen LogP contribution in [-0.4, -0.2) is 30.3 Å². The van der Waals surface area contributed by atoms with Gasteiger partial charge in [-0.3, -0.25) is 9.59 Å². The third kappa shape index (κ3) is 5.93. The van der Waals surface area contributed by atoms with E-state index in [-0.39, 0.29) is 28.9 Å². The van der Waals surface area contributed by atoms with Gasteiger partial charge in [0.15, 0.2) is 12.4 Å². The van der Waals surface area contributed by atoms with Gasteiger partial charge in [-0.05, 0) is 43.7 Å². The first-order chi connectivity index (χ1) is 12.9. The van der Waals surface area contributed by atoms with Crippen LogP contribution in [0.1, 0.15) is 53.0 Å². The van der Waals surface area contributed by atoms with E-state index in [1.807, 2.05) is 13.8 Å². The molecule has 0 aliphatic heterocycles. The average molecular weight is 388 g/mol. The number of amides is 1. The highest BCUT2D eigenvalue weighted by Gasteiger charge is 2.20. The first-order valence-corrected chi connectivity index (χ1v) is 9.16. The Labute approximate surface area is 163 Å². The number of nitrogens with one attached hydrogen (secondary N) is 1. The molecule has 142 valence electrons. The lowest BCUT2D eigenvalue weighted by Crippen LogP contribution is -2.35. The monoisotopic (exact) mass is 387 g/mol. The standard InChI is InChI=1S/C21H22ClNO4/c1-3-6-14(2)23-19(24)13-27-21(26)18-8-5-4-7-17(18)20(25)15-9-11-16(22)12-10-15/h4-5,7-12,14H,3,6,13H2,1-2H3,(H,23,24). The lowest BCUT2D eigenvalue weighted by molar-refractivity contribution is -0.124. The molecule has 2 aromatic rings. The molecular weight excluding hydrogens is 366 g/mol. The van der Waals surface area contributed by atoms with E-state index in [0.717, 1.165) is 12.8 Å². The van der Waals surface area contributed by atoms with E-state index in [0.29, 0.717) is 10.6 Å². The van der Waals surface area contributed by atoms with Gasteiger partial charge in [0.2, 0.25) is 0 Å². The van der Waals surface area contributed by atoms with Crippen molar-refractivity contribution in [1.82, 2.24) is 5.32 Å². The smallest absolute Gasteiger partial charge is 0.339 e. The molecule has 2 aromatic carbocycles. The Kier molecular flexibility index (Phi) is 7.55. The largest absolute Gasteiger partial charge is 0.452 e.